The second-order valence-electron chi connectivity index (χ2n) is 6.29. The van der Waals surface area contributed by atoms with Gasteiger partial charge in [-0.3, -0.25) is 0 Å². The Labute approximate surface area is 127 Å². The van der Waals surface area contributed by atoms with E-state index < -0.39 is 0 Å². The summed E-state index contributed by atoms with van der Waals surface area (Å²) in [7, 11) is 0. The first-order valence-electron chi connectivity index (χ1n) is 8.83. The number of rotatable bonds is 10. The molecule has 114 valence electrons. The Morgan fingerprint density at radius 2 is 1.50 bits per heavy atom. The molecule has 0 bridgehead atoms. The molecule has 0 saturated carbocycles. The van der Waals surface area contributed by atoms with Crippen LogP contribution in [0.1, 0.15) is 89.7 Å². The van der Waals surface area contributed by atoms with Gasteiger partial charge < -0.3 is 0 Å². The molecule has 0 N–H and O–H groups in total. The lowest BCUT2D eigenvalue weighted by molar-refractivity contribution is 0.461. The normalized spacial score (nSPS) is 12.8. The molecule has 0 heterocycles. The van der Waals surface area contributed by atoms with E-state index in [9.17, 15) is 0 Å². The molecule has 1 atom stereocenters. The smallest absolute Gasteiger partial charge is 0.0162 e. The molecule has 0 aliphatic heterocycles. The highest BCUT2D eigenvalue weighted by molar-refractivity contribution is 5.27. The lowest BCUT2D eigenvalue weighted by atomic mass is 9.87. The van der Waals surface area contributed by atoms with Crippen LogP contribution in [-0.2, 0) is 6.42 Å². The Morgan fingerprint density at radius 3 is 2.05 bits per heavy atom. The fourth-order valence-electron chi connectivity index (χ4n) is 3.34. The zero-order valence-electron chi connectivity index (χ0n) is 14.1. The van der Waals surface area contributed by atoms with Gasteiger partial charge in [-0.1, -0.05) is 84.1 Å². The first kappa shape index (κ1) is 17.3. The zero-order valence-corrected chi connectivity index (χ0v) is 14.1. The summed E-state index contributed by atoms with van der Waals surface area (Å²) < 4.78 is 0. The maximum atomic E-state index is 2.49. The van der Waals surface area contributed by atoms with Gasteiger partial charge in [0.1, 0.15) is 0 Å². The van der Waals surface area contributed by atoms with Gasteiger partial charge in [0.2, 0.25) is 0 Å². The first-order chi connectivity index (χ1) is 9.74. The van der Waals surface area contributed by atoms with Crippen molar-refractivity contribution in [2.45, 2.75) is 85.0 Å². The zero-order chi connectivity index (χ0) is 14.8. The minimum absolute atomic E-state index is 0.774. The topological polar surface area (TPSA) is 0 Å². The SMILES string of the molecule is CCCC(CC)Cc1cccc(C(CCC)CCC)c1. The summed E-state index contributed by atoms with van der Waals surface area (Å²) in [6.45, 7) is 9.25. The molecule has 0 nitrogen and oxygen atoms in total. The van der Waals surface area contributed by atoms with Crippen molar-refractivity contribution >= 4 is 0 Å². The first-order valence-corrected chi connectivity index (χ1v) is 8.83. The Morgan fingerprint density at radius 1 is 0.850 bits per heavy atom. The standard InChI is InChI=1S/C20H34/c1-5-10-17(8-4)15-18-13-9-14-20(16-18)19(11-6-2)12-7-3/h9,13-14,16-17,19H,5-8,10-12,15H2,1-4H3. The van der Waals surface area contributed by atoms with Crippen molar-refractivity contribution in [1.29, 1.82) is 0 Å². The molecular formula is C20H34. The molecule has 0 heteroatoms. The summed E-state index contributed by atoms with van der Waals surface area (Å²) in [5.74, 6) is 1.64. The number of benzene rings is 1. The van der Waals surface area contributed by atoms with Crippen molar-refractivity contribution < 1.29 is 0 Å². The van der Waals surface area contributed by atoms with Gasteiger partial charge in [0.15, 0.2) is 0 Å². The van der Waals surface area contributed by atoms with E-state index in [1.807, 2.05) is 0 Å². The fraction of sp³-hybridized carbons (Fsp3) is 0.700. The summed E-state index contributed by atoms with van der Waals surface area (Å²) >= 11 is 0. The highest BCUT2D eigenvalue weighted by Crippen LogP contribution is 2.28. The minimum Gasteiger partial charge on any atom is -0.0654 e. The molecule has 0 aliphatic carbocycles. The van der Waals surface area contributed by atoms with Crippen molar-refractivity contribution in [2.24, 2.45) is 5.92 Å². The van der Waals surface area contributed by atoms with Crippen molar-refractivity contribution in [3.63, 3.8) is 0 Å². The van der Waals surface area contributed by atoms with Crippen LogP contribution in [0.5, 0.6) is 0 Å². The third kappa shape index (κ3) is 5.69. The van der Waals surface area contributed by atoms with Crippen molar-refractivity contribution in [3.8, 4) is 0 Å². The van der Waals surface area contributed by atoms with Gasteiger partial charge in [-0.05, 0) is 42.2 Å². The molecule has 1 rings (SSSR count). The highest BCUT2D eigenvalue weighted by atomic mass is 14.2. The van der Waals surface area contributed by atoms with E-state index in [0.717, 1.165) is 11.8 Å². The molecule has 1 aromatic carbocycles. The predicted molar refractivity (Wildman–Crippen MR) is 91.4 cm³/mol. The lowest BCUT2D eigenvalue weighted by Gasteiger charge is -2.18. The number of hydrogen-bond donors (Lipinski definition) is 0. The molecule has 1 unspecified atom stereocenters. The van der Waals surface area contributed by atoms with Gasteiger partial charge >= 0.3 is 0 Å². The summed E-state index contributed by atoms with van der Waals surface area (Å²) in [6.07, 6.45) is 10.5. The van der Waals surface area contributed by atoms with Gasteiger partial charge in [0.25, 0.3) is 0 Å². The van der Waals surface area contributed by atoms with E-state index in [1.165, 1.54) is 51.4 Å². The average molecular weight is 274 g/mol. The van der Waals surface area contributed by atoms with E-state index in [0.29, 0.717) is 0 Å². The maximum Gasteiger partial charge on any atom is -0.0162 e. The Bertz CT molecular complexity index is 347. The maximum absolute atomic E-state index is 2.49. The number of hydrogen-bond acceptors (Lipinski definition) is 0. The molecule has 0 saturated heterocycles. The van der Waals surface area contributed by atoms with Crippen LogP contribution in [0.2, 0.25) is 0 Å². The molecule has 0 aromatic heterocycles. The molecule has 0 fully saturated rings. The summed E-state index contributed by atoms with van der Waals surface area (Å²) in [5, 5.41) is 0. The monoisotopic (exact) mass is 274 g/mol. The molecule has 0 aliphatic rings. The van der Waals surface area contributed by atoms with Gasteiger partial charge in [-0.25, -0.2) is 0 Å². The second kappa shape index (κ2) is 10.0. The Balaban J connectivity index is 2.77. The summed E-state index contributed by atoms with van der Waals surface area (Å²) in [4.78, 5) is 0. The van der Waals surface area contributed by atoms with Gasteiger partial charge in [0, 0.05) is 0 Å². The van der Waals surface area contributed by atoms with Crippen LogP contribution in [0, 0.1) is 5.92 Å². The second-order valence-corrected chi connectivity index (χ2v) is 6.29. The molecular weight excluding hydrogens is 240 g/mol. The Kier molecular flexibility index (Phi) is 8.65. The van der Waals surface area contributed by atoms with Crippen molar-refractivity contribution in [1.82, 2.24) is 0 Å². The van der Waals surface area contributed by atoms with Crippen LogP contribution < -0.4 is 0 Å². The van der Waals surface area contributed by atoms with Crippen LogP contribution in [-0.4, -0.2) is 0 Å². The third-order valence-corrected chi connectivity index (χ3v) is 4.50. The quantitative estimate of drug-likeness (QED) is 0.443. The minimum atomic E-state index is 0.774. The van der Waals surface area contributed by atoms with E-state index >= 15 is 0 Å². The molecule has 0 radical (unpaired) electrons. The summed E-state index contributed by atoms with van der Waals surface area (Å²) in [5.41, 5.74) is 3.14. The van der Waals surface area contributed by atoms with Gasteiger partial charge in [0.05, 0.1) is 0 Å². The lowest BCUT2D eigenvalue weighted by Crippen LogP contribution is -2.04. The molecule has 1 aromatic rings. The van der Waals surface area contributed by atoms with Gasteiger partial charge in [-0.2, -0.15) is 0 Å². The van der Waals surface area contributed by atoms with Crippen LogP contribution in [0.4, 0.5) is 0 Å². The largest absolute Gasteiger partial charge is 0.0654 e. The van der Waals surface area contributed by atoms with E-state index in [-0.39, 0.29) is 0 Å². The molecule has 0 spiro atoms. The van der Waals surface area contributed by atoms with Crippen LogP contribution in [0.15, 0.2) is 24.3 Å². The van der Waals surface area contributed by atoms with E-state index in [1.54, 1.807) is 11.1 Å². The van der Waals surface area contributed by atoms with Crippen LogP contribution in [0.3, 0.4) is 0 Å². The fourth-order valence-corrected chi connectivity index (χ4v) is 3.34. The molecule has 0 amide bonds. The van der Waals surface area contributed by atoms with E-state index in [4.69, 9.17) is 0 Å². The third-order valence-electron chi connectivity index (χ3n) is 4.50. The van der Waals surface area contributed by atoms with Crippen LogP contribution in [0.25, 0.3) is 0 Å². The van der Waals surface area contributed by atoms with Crippen molar-refractivity contribution in [2.75, 3.05) is 0 Å². The van der Waals surface area contributed by atoms with Gasteiger partial charge in [-0.15, -0.1) is 0 Å². The average Bonchev–Trinajstić information content (AvgIpc) is 2.47. The predicted octanol–water partition coefficient (Wildman–Crippen LogP) is 6.74. The van der Waals surface area contributed by atoms with E-state index in [2.05, 4.69) is 52.0 Å². The van der Waals surface area contributed by atoms with Crippen molar-refractivity contribution in [3.05, 3.63) is 35.4 Å². The Hall–Kier alpha value is -0.780. The summed E-state index contributed by atoms with van der Waals surface area (Å²) in [6, 6.07) is 9.45. The van der Waals surface area contributed by atoms with Crippen LogP contribution >= 0.6 is 0 Å². The highest BCUT2D eigenvalue weighted by Gasteiger charge is 2.12. The molecule has 20 heavy (non-hydrogen) atoms.